The Morgan fingerprint density at radius 1 is 0.647 bits per heavy atom. The quantitative estimate of drug-likeness (QED) is 0.366. The first kappa shape index (κ1) is 29.7. The van der Waals surface area contributed by atoms with Crippen molar-refractivity contribution in [2.24, 2.45) is 0 Å². The van der Waals surface area contributed by atoms with Crippen molar-refractivity contribution in [2.75, 3.05) is 29.0 Å². The molecule has 196 valence electrons. The molecule has 34 heavy (non-hydrogen) atoms. The number of hydrogen-bond donors (Lipinski definition) is 0. The highest BCUT2D eigenvalue weighted by Gasteiger charge is 2.42. The number of benzene rings is 1. The van der Waals surface area contributed by atoms with Gasteiger partial charge in [-0.15, -0.1) is 0 Å². The lowest BCUT2D eigenvalue weighted by molar-refractivity contribution is -0.138. The molecule has 0 aromatic heterocycles. The van der Waals surface area contributed by atoms with E-state index in [9.17, 15) is 13.2 Å². The number of hydrogen-bond acceptors (Lipinski definition) is 2. The third-order valence-corrected chi connectivity index (χ3v) is 14.2. The van der Waals surface area contributed by atoms with Crippen LogP contribution in [0.5, 0.6) is 0 Å². The maximum atomic E-state index is 13.9. The molecule has 1 aromatic rings. The summed E-state index contributed by atoms with van der Waals surface area (Å²) in [5.74, 6) is 0. The Balaban J connectivity index is 2.60. The van der Waals surface area contributed by atoms with Crippen LogP contribution in [0.4, 0.5) is 24.5 Å². The van der Waals surface area contributed by atoms with Crippen LogP contribution in [0, 0.1) is 6.92 Å². The second-order valence-electron chi connectivity index (χ2n) is 13.7. The molecule has 0 radical (unpaired) electrons. The molecule has 1 aromatic carbocycles. The summed E-state index contributed by atoms with van der Waals surface area (Å²) in [7, 11) is -0.905. The zero-order valence-corrected chi connectivity index (χ0v) is 25.5. The highest BCUT2D eigenvalue weighted by molar-refractivity contribution is 7.61. The van der Waals surface area contributed by atoms with Crippen molar-refractivity contribution in [1.29, 1.82) is 0 Å². The first-order valence-corrected chi connectivity index (χ1v) is 15.3. The number of aryl methyl sites for hydroxylation is 1. The first-order valence-electron chi connectivity index (χ1n) is 12.2. The van der Waals surface area contributed by atoms with Gasteiger partial charge in [-0.2, -0.15) is 13.2 Å². The van der Waals surface area contributed by atoms with Crippen molar-refractivity contribution in [2.45, 2.75) is 117 Å². The lowest BCUT2D eigenvalue weighted by Crippen LogP contribution is -2.38. The van der Waals surface area contributed by atoms with Crippen LogP contribution in [-0.4, -0.2) is 39.9 Å². The van der Waals surface area contributed by atoms with Gasteiger partial charge in [0.1, 0.15) is 0 Å². The van der Waals surface area contributed by atoms with Crippen molar-refractivity contribution in [1.82, 2.24) is 0 Å². The lowest BCUT2D eigenvalue weighted by Gasteiger charge is -2.45. The van der Waals surface area contributed by atoms with Crippen molar-refractivity contribution < 1.29 is 13.2 Å². The van der Waals surface area contributed by atoms with Gasteiger partial charge in [0.2, 0.25) is 0 Å². The molecule has 0 fully saturated rings. The maximum Gasteiger partial charge on any atom is 0.416 e. The van der Waals surface area contributed by atoms with Gasteiger partial charge < -0.3 is 9.80 Å². The van der Waals surface area contributed by atoms with Gasteiger partial charge in [-0.25, -0.2) is 0 Å². The topological polar surface area (TPSA) is 6.48 Å². The molecule has 2 rings (SSSR count). The third-order valence-electron chi connectivity index (χ3n) is 6.51. The number of anilines is 2. The van der Waals surface area contributed by atoms with Crippen molar-refractivity contribution in [3.8, 4) is 0 Å². The van der Waals surface area contributed by atoms with Crippen molar-refractivity contribution in [3.63, 3.8) is 0 Å². The van der Waals surface area contributed by atoms with E-state index >= 15 is 0 Å². The van der Waals surface area contributed by atoms with Crippen LogP contribution in [-0.2, 0) is 6.18 Å². The summed E-state index contributed by atoms with van der Waals surface area (Å²) in [6, 6.07) is 3.20. The predicted octanol–water partition coefficient (Wildman–Crippen LogP) is 9.67. The summed E-state index contributed by atoms with van der Waals surface area (Å²) in [6.45, 7) is 29.7. The molecule has 1 heterocycles. The molecule has 0 saturated carbocycles. The van der Waals surface area contributed by atoms with Gasteiger partial charge in [0.25, 0.3) is 0 Å². The van der Waals surface area contributed by atoms with Gasteiger partial charge in [-0.3, -0.25) is 0 Å². The summed E-state index contributed by atoms with van der Waals surface area (Å²) in [5.41, 5.74) is 1.51. The third kappa shape index (κ3) is 6.82. The molecule has 1 aliphatic rings. The van der Waals surface area contributed by atoms with Crippen LogP contribution in [0.15, 0.2) is 12.1 Å². The largest absolute Gasteiger partial charge is 0.416 e. The second-order valence-corrected chi connectivity index (χ2v) is 21.3. The van der Waals surface area contributed by atoms with E-state index in [2.05, 4.69) is 92.9 Å². The standard InChI is InChI=1S/C27H47F3N2P2/c1-19-14-21-22(15-20(19)27(28,29)30)32(18-34(25(8,9)10)26(11,12)13)16-31(21)17-33(23(2,3)4)24(5,6)7/h14-15H,16-18H2,1-13H3. The number of rotatable bonds is 4. The highest BCUT2D eigenvalue weighted by atomic mass is 31.1. The smallest absolute Gasteiger partial charge is 0.348 e. The minimum absolute atomic E-state index is 0.0994. The Kier molecular flexibility index (Phi) is 8.22. The fourth-order valence-corrected chi connectivity index (χ4v) is 12.2. The van der Waals surface area contributed by atoms with E-state index in [1.807, 2.05) is 0 Å². The van der Waals surface area contributed by atoms with Gasteiger partial charge in [0.05, 0.1) is 23.6 Å². The summed E-state index contributed by atoms with van der Waals surface area (Å²) < 4.78 is 41.6. The van der Waals surface area contributed by atoms with E-state index in [1.54, 1.807) is 13.0 Å². The Labute approximate surface area is 209 Å². The average molecular weight is 519 g/mol. The minimum Gasteiger partial charge on any atom is -0.348 e. The van der Waals surface area contributed by atoms with E-state index in [1.165, 1.54) is 6.07 Å². The Morgan fingerprint density at radius 3 is 1.26 bits per heavy atom. The molecule has 0 spiro atoms. The minimum atomic E-state index is -4.35. The zero-order valence-electron chi connectivity index (χ0n) is 23.7. The van der Waals surface area contributed by atoms with E-state index in [4.69, 9.17) is 0 Å². The zero-order chi connectivity index (χ0) is 26.7. The molecular weight excluding hydrogens is 471 g/mol. The van der Waals surface area contributed by atoms with E-state index in [-0.39, 0.29) is 20.6 Å². The number of nitrogens with zero attached hydrogens (tertiary/aromatic N) is 2. The van der Waals surface area contributed by atoms with Gasteiger partial charge in [-0.05, 0) is 45.2 Å². The van der Waals surface area contributed by atoms with Gasteiger partial charge in [-0.1, -0.05) is 98.9 Å². The number of alkyl halides is 3. The van der Waals surface area contributed by atoms with Crippen LogP contribution in [0.2, 0.25) is 0 Å². The van der Waals surface area contributed by atoms with Crippen LogP contribution in [0.1, 0.15) is 94.2 Å². The maximum absolute atomic E-state index is 13.9. The normalized spacial score (nSPS) is 16.2. The van der Waals surface area contributed by atoms with Crippen LogP contribution >= 0.6 is 15.8 Å². The summed E-state index contributed by atoms with van der Waals surface area (Å²) in [5, 5.41) is 0.488. The molecule has 0 atom stereocenters. The molecule has 2 nitrogen and oxygen atoms in total. The molecule has 7 heteroatoms. The molecule has 0 amide bonds. The predicted molar refractivity (Wildman–Crippen MR) is 149 cm³/mol. The highest BCUT2D eigenvalue weighted by Crippen LogP contribution is 2.63. The van der Waals surface area contributed by atoms with Crippen LogP contribution < -0.4 is 9.80 Å². The molecule has 0 unspecified atom stereocenters. The van der Waals surface area contributed by atoms with E-state index < -0.39 is 27.6 Å². The Bertz CT molecular complexity index is 841. The van der Waals surface area contributed by atoms with Crippen LogP contribution in [0.25, 0.3) is 0 Å². The number of fused-ring (bicyclic) bond motifs is 1. The lowest BCUT2D eigenvalue weighted by atomic mass is 10.1. The number of halogens is 3. The molecule has 0 bridgehead atoms. The Morgan fingerprint density at radius 2 is 0.971 bits per heavy atom. The Hall–Kier alpha value is -0.530. The second kappa shape index (κ2) is 9.41. The van der Waals surface area contributed by atoms with E-state index in [0.29, 0.717) is 12.2 Å². The molecular formula is C27H47F3N2P2. The van der Waals surface area contributed by atoms with Crippen molar-refractivity contribution in [3.05, 3.63) is 23.3 Å². The van der Waals surface area contributed by atoms with E-state index in [0.717, 1.165) is 23.9 Å². The molecule has 0 N–H and O–H groups in total. The monoisotopic (exact) mass is 518 g/mol. The first-order chi connectivity index (χ1) is 14.9. The summed E-state index contributed by atoms with van der Waals surface area (Å²) >= 11 is 0. The van der Waals surface area contributed by atoms with Crippen LogP contribution in [0.3, 0.4) is 0 Å². The molecule has 0 saturated heterocycles. The van der Waals surface area contributed by atoms with Gasteiger partial charge in [0, 0.05) is 12.6 Å². The van der Waals surface area contributed by atoms with Gasteiger partial charge in [0.15, 0.2) is 0 Å². The summed E-state index contributed by atoms with van der Waals surface area (Å²) in [6.07, 6.45) is -2.66. The van der Waals surface area contributed by atoms with Gasteiger partial charge >= 0.3 is 6.18 Å². The molecule has 0 aliphatic carbocycles. The fourth-order valence-electron chi connectivity index (χ4n) is 5.30. The van der Waals surface area contributed by atoms with Crippen molar-refractivity contribution >= 4 is 27.2 Å². The summed E-state index contributed by atoms with van der Waals surface area (Å²) in [4.78, 5) is 4.61. The SMILES string of the molecule is Cc1cc2c(cc1C(F)(F)F)N(CP(C(C)(C)C)C(C)(C)C)CN2CP(C(C)(C)C)C(C)(C)C. The molecule has 1 aliphatic heterocycles. The fraction of sp³-hybridized carbons (Fsp3) is 0.778. The average Bonchev–Trinajstić information content (AvgIpc) is 2.88.